The Bertz CT molecular complexity index is 828. The Morgan fingerprint density at radius 1 is 1.15 bits per heavy atom. The van der Waals surface area contributed by atoms with Crippen LogP contribution in [-0.4, -0.2) is 86.5 Å². The van der Waals surface area contributed by atoms with Gasteiger partial charge in [-0.25, -0.2) is 4.79 Å². The van der Waals surface area contributed by atoms with Gasteiger partial charge >= 0.3 is 12.1 Å². The zero-order valence-corrected chi connectivity index (χ0v) is 18.9. The zero-order chi connectivity index (χ0) is 24.2. The molecule has 0 bridgehead atoms. The number of carbonyl (C=O) groups excluding carboxylic acids is 1. The Balaban J connectivity index is 0.000000383. The molecule has 2 atom stereocenters. The standard InChI is InChI=1S/C21H30N2O3.C2HF3O2/c1-25-13-18-12-22(11-16-3-4-16)14-21(18)9-10-23(15-21)20(24)17-5-7-19(26-2)8-6-17;3-2(4,5)1(6)7/h5-8,16,18H,3-4,9-15H2,1-2H3;(H,6,7)/t18-,21-;/m1./s1. The number of hydrogen-bond donors (Lipinski definition) is 1. The molecule has 2 aliphatic heterocycles. The summed E-state index contributed by atoms with van der Waals surface area (Å²) in [6.45, 7) is 5.97. The van der Waals surface area contributed by atoms with Crippen LogP contribution in [0.2, 0.25) is 0 Å². The van der Waals surface area contributed by atoms with E-state index >= 15 is 0 Å². The highest BCUT2D eigenvalue weighted by Crippen LogP contribution is 2.45. The first kappa shape index (κ1) is 25.3. The van der Waals surface area contributed by atoms with E-state index in [-0.39, 0.29) is 11.3 Å². The van der Waals surface area contributed by atoms with Gasteiger partial charge in [-0.1, -0.05) is 0 Å². The Morgan fingerprint density at radius 2 is 1.79 bits per heavy atom. The number of alkyl halides is 3. The van der Waals surface area contributed by atoms with Crippen LogP contribution in [-0.2, 0) is 9.53 Å². The number of likely N-dealkylation sites (tertiary alicyclic amines) is 2. The Kier molecular flexibility index (Phi) is 7.89. The van der Waals surface area contributed by atoms with Gasteiger partial charge < -0.3 is 24.4 Å². The average Bonchev–Trinajstić information content (AvgIpc) is 3.39. The number of hydrogen-bond acceptors (Lipinski definition) is 5. The topological polar surface area (TPSA) is 79.3 Å². The smallest absolute Gasteiger partial charge is 0.490 e. The number of aliphatic carboxylic acids is 1. The number of rotatable bonds is 6. The van der Waals surface area contributed by atoms with Gasteiger partial charge in [0.1, 0.15) is 5.75 Å². The van der Waals surface area contributed by atoms with Crippen molar-refractivity contribution < 1.29 is 37.3 Å². The number of carbonyl (C=O) groups is 2. The van der Waals surface area contributed by atoms with Crippen molar-refractivity contribution in [1.82, 2.24) is 9.80 Å². The number of halogens is 3. The fourth-order valence-electron chi connectivity index (χ4n) is 4.83. The molecule has 33 heavy (non-hydrogen) atoms. The van der Waals surface area contributed by atoms with Crippen LogP contribution in [0.5, 0.6) is 5.75 Å². The molecule has 184 valence electrons. The Morgan fingerprint density at radius 3 is 2.30 bits per heavy atom. The third-order valence-electron chi connectivity index (χ3n) is 6.72. The summed E-state index contributed by atoms with van der Waals surface area (Å²) in [5.74, 6) is -0.397. The van der Waals surface area contributed by atoms with E-state index in [9.17, 15) is 18.0 Å². The SMILES string of the molecule is COC[C@H]1CN(CC2CC2)C[C@@]12CCN(C(=O)c1ccc(OC)cc1)C2.O=C(O)C(F)(F)F. The van der Waals surface area contributed by atoms with Gasteiger partial charge in [-0.05, 0) is 49.4 Å². The van der Waals surface area contributed by atoms with Gasteiger partial charge in [0.25, 0.3) is 5.91 Å². The van der Waals surface area contributed by atoms with Crippen LogP contribution in [0.25, 0.3) is 0 Å². The summed E-state index contributed by atoms with van der Waals surface area (Å²) in [5, 5.41) is 7.12. The quantitative estimate of drug-likeness (QED) is 0.685. The van der Waals surface area contributed by atoms with Gasteiger partial charge in [0, 0.05) is 56.7 Å². The molecule has 1 N–H and O–H groups in total. The van der Waals surface area contributed by atoms with E-state index in [2.05, 4.69) is 4.90 Å². The van der Waals surface area contributed by atoms with Crippen molar-refractivity contribution in [1.29, 1.82) is 0 Å². The van der Waals surface area contributed by atoms with Crippen molar-refractivity contribution >= 4 is 11.9 Å². The lowest BCUT2D eigenvalue weighted by Crippen LogP contribution is -2.38. The van der Waals surface area contributed by atoms with Gasteiger partial charge in [0.15, 0.2) is 0 Å². The molecular weight excluding hydrogens is 441 g/mol. The highest BCUT2D eigenvalue weighted by Gasteiger charge is 2.51. The van der Waals surface area contributed by atoms with Crippen molar-refractivity contribution in [2.75, 3.05) is 53.6 Å². The molecule has 0 unspecified atom stereocenters. The van der Waals surface area contributed by atoms with Crippen LogP contribution < -0.4 is 4.74 Å². The van der Waals surface area contributed by atoms with Crippen molar-refractivity contribution in [2.24, 2.45) is 17.3 Å². The van der Waals surface area contributed by atoms with Crippen LogP contribution in [0.15, 0.2) is 24.3 Å². The van der Waals surface area contributed by atoms with Gasteiger partial charge in [0.2, 0.25) is 0 Å². The maximum atomic E-state index is 13.0. The highest BCUT2D eigenvalue weighted by molar-refractivity contribution is 5.94. The number of carboxylic acid groups (broad SMARTS) is 1. The molecule has 2 heterocycles. The van der Waals surface area contributed by atoms with Crippen LogP contribution in [0.4, 0.5) is 13.2 Å². The van der Waals surface area contributed by atoms with Crippen LogP contribution in [0.1, 0.15) is 29.6 Å². The van der Waals surface area contributed by atoms with E-state index in [1.54, 1.807) is 14.2 Å². The first-order valence-electron chi connectivity index (χ1n) is 11.0. The second-order valence-corrected chi connectivity index (χ2v) is 9.16. The predicted molar refractivity (Wildman–Crippen MR) is 114 cm³/mol. The van der Waals surface area contributed by atoms with Gasteiger partial charge in [-0.2, -0.15) is 13.2 Å². The van der Waals surface area contributed by atoms with Crippen molar-refractivity contribution in [3.63, 3.8) is 0 Å². The fraction of sp³-hybridized carbons (Fsp3) is 0.652. The molecule has 1 aromatic rings. The number of methoxy groups -OCH3 is 2. The summed E-state index contributed by atoms with van der Waals surface area (Å²) in [6.07, 6.45) is -1.22. The summed E-state index contributed by atoms with van der Waals surface area (Å²) in [5.41, 5.74) is 0.950. The average molecular weight is 473 g/mol. The number of amides is 1. The van der Waals surface area contributed by atoms with Crippen molar-refractivity contribution in [2.45, 2.75) is 25.4 Å². The van der Waals surface area contributed by atoms with E-state index in [4.69, 9.17) is 19.4 Å². The number of ether oxygens (including phenoxy) is 2. The van der Waals surface area contributed by atoms with Crippen molar-refractivity contribution in [3.05, 3.63) is 29.8 Å². The predicted octanol–water partition coefficient (Wildman–Crippen LogP) is 3.15. The monoisotopic (exact) mass is 472 g/mol. The third-order valence-corrected chi connectivity index (χ3v) is 6.72. The second-order valence-electron chi connectivity index (χ2n) is 9.16. The first-order chi connectivity index (χ1) is 15.6. The molecule has 4 rings (SSSR count). The minimum Gasteiger partial charge on any atom is -0.497 e. The van der Waals surface area contributed by atoms with E-state index < -0.39 is 12.1 Å². The molecule has 3 fully saturated rings. The molecular formula is C23H31F3N2O5. The lowest BCUT2D eigenvalue weighted by Gasteiger charge is -2.30. The molecule has 1 spiro atoms. The molecule has 10 heteroatoms. The van der Waals surface area contributed by atoms with Gasteiger partial charge in [-0.3, -0.25) is 4.79 Å². The molecule has 0 radical (unpaired) electrons. The summed E-state index contributed by atoms with van der Waals surface area (Å²) in [6, 6.07) is 7.46. The zero-order valence-electron chi connectivity index (χ0n) is 18.9. The molecule has 7 nitrogen and oxygen atoms in total. The summed E-state index contributed by atoms with van der Waals surface area (Å²) in [4.78, 5) is 26.5. The maximum absolute atomic E-state index is 13.0. The molecule has 3 aliphatic rings. The second kappa shape index (κ2) is 10.3. The van der Waals surface area contributed by atoms with Crippen LogP contribution in [0, 0.1) is 17.3 Å². The number of nitrogens with zero attached hydrogens (tertiary/aromatic N) is 2. The first-order valence-corrected chi connectivity index (χ1v) is 11.0. The van der Waals surface area contributed by atoms with Crippen LogP contribution >= 0.6 is 0 Å². The van der Waals surface area contributed by atoms with Gasteiger partial charge in [0.05, 0.1) is 13.7 Å². The summed E-state index contributed by atoms with van der Waals surface area (Å²) < 4.78 is 42.5. The van der Waals surface area contributed by atoms with Crippen molar-refractivity contribution in [3.8, 4) is 5.75 Å². The van der Waals surface area contributed by atoms with Crippen LogP contribution in [0.3, 0.4) is 0 Å². The molecule has 2 saturated heterocycles. The fourth-order valence-corrected chi connectivity index (χ4v) is 4.83. The van der Waals surface area contributed by atoms with Gasteiger partial charge in [-0.15, -0.1) is 0 Å². The highest BCUT2D eigenvalue weighted by atomic mass is 19.4. The molecule has 1 aromatic carbocycles. The normalized spacial score (nSPS) is 25.1. The number of carboxylic acids is 1. The Hall–Kier alpha value is -2.33. The maximum Gasteiger partial charge on any atom is 0.490 e. The molecule has 1 saturated carbocycles. The Labute approximate surface area is 191 Å². The molecule has 0 aromatic heterocycles. The minimum absolute atomic E-state index is 0.140. The van der Waals surface area contributed by atoms with E-state index in [1.807, 2.05) is 29.2 Å². The lowest BCUT2D eigenvalue weighted by atomic mass is 9.77. The number of benzene rings is 1. The largest absolute Gasteiger partial charge is 0.497 e. The molecule has 1 aliphatic carbocycles. The third kappa shape index (κ3) is 6.38. The summed E-state index contributed by atoms with van der Waals surface area (Å²) >= 11 is 0. The van der Waals surface area contributed by atoms with E-state index in [0.29, 0.717) is 5.92 Å². The lowest BCUT2D eigenvalue weighted by molar-refractivity contribution is -0.192. The summed E-state index contributed by atoms with van der Waals surface area (Å²) in [7, 11) is 3.44. The molecule has 1 amide bonds. The minimum atomic E-state index is -5.08. The van der Waals surface area contributed by atoms with E-state index in [1.165, 1.54) is 19.4 Å². The van der Waals surface area contributed by atoms with E-state index in [0.717, 1.165) is 56.4 Å².